The molecule has 2 aromatic carbocycles. The summed E-state index contributed by atoms with van der Waals surface area (Å²) >= 11 is 5.76. The number of hydrogen-bond acceptors (Lipinski definition) is 2. The molecule has 3 N–H and O–H groups in total. The summed E-state index contributed by atoms with van der Waals surface area (Å²) in [6.45, 7) is 0. The molecule has 0 saturated carbocycles. The Morgan fingerprint density at radius 3 is 1.86 bits per heavy atom. The lowest BCUT2D eigenvalue weighted by Gasteiger charge is -2.08. The number of halogens is 1. The van der Waals surface area contributed by atoms with E-state index in [9.17, 15) is 9.59 Å². The molecule has 0 saturated heterocycles. The molecule has 0 aliphatic heterocycles. The Hall–Kier alpha value is -2.53. The monoisotopic (exact) mass is 304 g/mol. The van der Waals surface area contributed by atoms with E-state index in [0.717, 1.165) is 0 Å². The van der Waals surface area contributed by atoms with Crippen molar-refractivity contribution in [1.82, 2.24) is 0 Å². The summed E-state index contributed by atoms with van der Waals surface area (Å²) in [5.41, 5.74) is 1.88. The number of urea groups is 1. The minimum atomic E-state index is -0.892. The van der Waals surface area contributed by atoms with Gasteiger partial charge in [-0.2, -0.15) is 0 Å². The van der Waals surface area contributed by atoms with E-state index < -0.39 is 5.97 Å². The van der Waals surface area contributed by atoms with Crippen LogP contribution in [-0.2, 0) is 11.2 Å². The molecule has 0 radical (unpaired) electrons. The van der Waals surface area contributed by atoms with E-state index in [-0.39, 0.29) is 12.5 Å². The van der Waals surface area contributed by atoms with Crippen LogP contribution in [0.25, 0.3) is 0 Å². The first kappa shape index (κ1) is 14.9. The Morgan fingerprint density at radius 2 is 1.38 bits per heavy atom. The van der Waals surface area contributed by atoms with Crippen LogP contribution in [0.1, 0.15) is 5.56 Å². The fraction of sp³-hybridized carbons (Fsp3) is 0.0667. The van der Waals surface area contributed by atoms with E-state index in [0.29, 0.717) is 22.0 Å². The highest BCUT2D eigenvalue weighted by Gasteiger charge is 2.04. The van der Waals surface area contributed by atoms with E-state index in [1.807, 2.05) is 0 Å². The molecule has 0 fully saturated rings. The fourth-order valence-corrected chi connectivity index (χ4v) is 1.83. The predicted molar refractivity (Wildman–Crippen MR) is 81.9 cm³/mol. The lowest BCUT2D eigenvalue weighted by molar-refractivity contribution is -0.136. The van der Waals surface area contributed by atoms with Gasteiger partial charge in [0.15, 0.2) is 0 Å². The van der Waals surface area contributed by atoms with E-state index in [4.69, 9.17) is 16.7 Å². The van der Waals surface area contributed by atoms with Crippen molar-refractivity contribution in [2.75, 3.05) is 10.6 Å². The van der Waals surface area contributed by atoms with Crippen LogP contribution in [0.15, 0.2) is 48.5 Å². The second-order valence-corrected chi connectivity index (χ2v) is 4.79. The van der Waals surface area contributed by atoms with Crippen LogP contribution < -0.4 is 10.6 Å². The summed E-state index contributed by atoms with van der Waals surface area (Å²) in [6, 6.07) is 13.0. The zero-order chi connectivity index (χ0) is 15.2. The second kappa shape index (κ2) is 6.76. The number of carboxylic acids is 1. The minimum absolute atomic E-state index is 0.0444. The van der Waals surface area contributed by atoms with Gasteiger partial charge in [0.05, 0.1) is 6.42 Å². The normalized spacial score (nSPS) is 9.95. The number of carbonyl (C=O) groups is 2. The highest BCUT2D eigenvalue weighted by molar-refractivity contribution is 6.30. The molecule has 0 spiro atoms. The summed E-state index contributed by atoms with van der Waals surface area (Å²) < 4.78 is 0. The zero-order valence-electron chi connectivity index (χ0n) is 11.0. The number of rotatable bonds is 4. The van der Waals surface area contributed by atoms with E-state index in [2.05, 4.69) is 10.6 Å². The SMILES string of the molecule is O=C(O)Cc1ccc(NC(=O)Nc2ccc(Cl)cc2)cc1. The summed E-state index contributed by atoms with van der Waals surface area (Å²) in [5.74, 6) is -0.892. The summed E-state index contributed by atoms with van der Waals surface area (Å²) in [7, 11) is 0. The number of carbonyl (C=O) groups excluding carboxylic acids is 1. The van der Waals surface area contributed by atoms with Gasteiger partial charge in [0.2, 0.25) is 0 Å². The predicted octanol–water partition coefficient (Wildman–Crippen LogP) is 3.61. The lowest BCUT2D eigenvalue weighted by atomic mass is 10.1. The third-order valence-electron chi connectivity index (χ3n) is 2.67. The average Bonchev–Trinajstić information content (AvgIpc) is 2.43. The van der Waals surface area contributed by atoms with Crippen molar-refractivity contribution in [3.8, 4) is 0 Å². The van der Waals surface area contributed by atoms with Gasteiger partial charge in [0, 0.05) is 16.4 Å². The van der Waals surface area contributed by atoms with Crippen molar-refractivity contribution in [2.45, 2.75) is 6.42 Å². The van der Waals surface area contributed by atoms with Crippen molar-refractivity contribution >= 4 is 35.0 Å². The molecule has 0 atom stereocenters. The summed E-state index contributed by atoms with van der Waals surface area (Å²) in [6.07, 6.45) is -0.0444. The van der Waals surface area contributed by atoms with Crippen LogP contribution >= 0.6 is 11.6 Å². The first-order valence-corrected chi connectivity index (χ1v) is 6.55. The zero-order valence-corrected chi connectivity index (χ0v) is 11.7. The number of carboxylic acid groups (broad SMARTS) is 1. The Labute approximate surface area is 126 Å². The van der Waals surface area contributed by atoms with Gasteiger partial charge in [-0.3, -0.25) is 4.79 Å². The van der Waals surface area contributed by atoms with E-state index in [1.54, 1.807) is 48.5 Å². The number of anilines is 2. The standard InChI is InChI=1S/C15H13ClN2O3/c16-11-3-7-13(8-4-11)18-15(21)17-12-5-1-10(2-6-12)9-14(19)20/h1-8H,9H2,(H,19,20)(H2,17,18,21). The highest BCUT2D eigenvalue weighted by atomic mass is 35.5. The van der Waals surface area contributed by atoms with E-state index in [1.165, 1.54) is 0 Å². The van der Waals surface area contributed by atoms with Crippen LogP contribution in [-0.4, -0.2) is 17.1 Å². The Kier molecular flexibility index (Phi) is 4.79. The van der Waals surface area contributed by atoms with Crippen LogP contribution in [0.5, 0.6) is 0 Å². The Balaban J connectivity index is 1.93. The number of amides is 2. The maximum absolute atomic E-state index is 11.8. The molecule has 6 heteroatoms. The topological polar surface area (TPSA) is 78.4 Å². The molecule has 0 aromatic heterocycles. The smallest absolute Gasteiger partial charge is 0.323 e. The molecular formula is C15H13ClN2O3. The van der Waals surface area contributed by atoms with Gasteiger partial charge in [-0.05, 0) is 42.0 Å². The first-order chi connectivity index (χ1) is 10.0. The van der Waals surface area contributed by atoms with Crippen molar-refractivity contribution in [3.63, 3.8) is 0 Å². The fourth-order valence-electron chi connectivity index (χ4n) is 1.71. The molecule has 0 aliphatic rings. The van der Waals surface area contributed by atoms with Gasteiger partial charge in [-0.15, -0.1) is 0 Å². The van der Waals surface area contributed by atoms with Gasteiger partial charge in [0.25, 0.3) is 0 Å². The molecule has 5 nitrogen and oxygen atoms in total. The van der Waals surface area contributed by atoms with Crippen LogP contribution in [0.3, 0.4) is 0 Å². The Bertz CT molecular complexity index is 639. The highest BCUT2D eigenvalue weighted by Crippen LogP contribution is 2.14. The molecule has 2 amide bonds. The third-order valence-corrected chi connectivity index (χ3v) is 2.92. The quantitative estimate of drug-likeness (QED) is 0.807. The maximum atomic E-state index is 11.8. The second-order valence-electron chi connectivity index (χ2n) is 4.35. The largest absolute Gasteiger partial charge is 0.481 e. The van der Waals surface area contributed by atoms with Crippen LogP contribution in [0, 0.1) is 0 Å². The molecular weight excluding hydrogens is 292 g/mol. The molecule has 0 bridgehead atoms. The van der Waals surface area contributed by atoms with Crippen molar-refractivity contribution in [3.05, 3.63) is 59.1 Å². The Morgan fingerprint density at radius 1 is 0.905 bits per heavy atom. The summed E-state index contributed by atoms with van der Waals surface area (Å²) in [5, 5.41) is 14.6. The van der Waals surface area contributed by atoms with Crippen molar-refractivity contribution < 1.29 is 14.7 Å². The van der Waals surface area contributed by atoms with Gasteiger partial charge in [0.1, 0.15) is 0 Å². The number of nitrogens with one attached hydrogen (secondary N) is 2. The van der Waals surface area contributed by atoms with Gasteiger partial charge >= 0.3 is 12.0 Å². The molecule has 2 rings (SSSR count). The molecule has 21 heavy (non-hydrogen) atoms. The molecule has 0 unspecified atom stereocenters. The maximum Gasteiger partial charge on any atom is 0.323 e. The average molecular weight is 305 g/mol. The van der Waals surface area contributed by atoms with Crippen LogP contribution in [0.4, 0.5) is 16.2 Å². The third kappa shape index (κ3) is 4.81. The van der Waals surface area contributed by atoms with Gasteiger partial charge in [-0.25, -0.2) is 4.79 Å². The van der Waals surface area contributed by atoms with Crippen molar-refractivity contribution in [1.29, 1.82) is 0 Å². The number of benzene rings is 2. The van der Waals surface area contributed by atoms with E-state index >= 15 is 0 Å². The molecule has 108 valence electrons. The number of hydrogen-bond donors (Lipinski definition) is 3. The van der Waals surface area contributed by atoms with Crippen LogP contribution in [0.2, 0.25) is 5.02 Å². The molecule has 2 aromatic rings. The summed E-state index contributed by atoms with van der Waals surface area (Å²) in [4.78, 5) is 22.3. The molecule has 0 heterocycles. The van der Waals surface area contributed by atoms with Crippen molar-refractivity contribution in [2.24, 2.45) is 0 Å². The minimum Gasteiger partial charge on any atom is -0.481 e. The van der Waals surface area contributed by atoms with Gasteiger partial charge in [-0.1, -0.05) is 23.7 Å². The molecule has 0 aliphatic carbocycles. The van der Waals surface area contributed by atoms with Gasteiger partial charge < -0.3 is 15.7 Å². The number of aliphatic carboxylic acids is 1. The first-order valence-electron chi connectivity index (χ1n) is 6.17. The lowest BCUT2D eigenvalue weighted by Crippen LogP contribution is -2.19.